The lowest BCUT2D eigenvalue weighted by atomic mass is 10.1. The van der Waals surface area contributed by atoms with Crippen molar-refractivity contribution in [2.45, 2.75) is 31.5 Å². The van der Waals surface area contributed by atoms with Crippen molar-refractivity contribution in [3.63, 3.8) is 0 Å². The average Bonchev–Trinajstić information content (AvgIpc) is 3.55. The van der Waals surface area contributed by atoms with Gasteiger partial charge in [-0.05, 0) is 49.1 Å². The first-order chi connectivity index (χ1) is 18.3. The molecule has 1 aromatic carbocycles. The van der Waals surface area contributed by atoms with E-state index in [9.17, 15) is 22.8 Å². The van der Waals surface area contributed by atoms with E-state index in [1.54, 1.807) is 4.57 Å². The van der Waals surface area contributed by atoms with Gasteiger partial charge < -0.3 is 20.3 Å². The number of halogens is 3. The summed E-state index contributed by atoms with van der Waals surface area (Å²) in [7, 11) is 0. The van der Waals surface area contributed by atoms with Crippen molar-refractivity contribution in [2.24, 2.45) is 0 Å². The maximum absolute atomic E-state index is 13.7. The molecule has 0 spiro atoms. The molecule has 1 atom stereocenters. The largest absolute Gasteiger partial charge is 0.416 e. The maximum Gasteiger partial charge on any atom is 0.416 e. The number of hydrogen-bond donors (Lipinski definition) is 2. The number of nitrogens with zero attached hydrogens (tertiary/aromatic N) is 5. The fourth-order valence-corrected chi connectivity index (χ4v) is 5.31. The molecule has 0 bridgehead atoms. The lowest BCUT2D eigenvalue weighted by Crippen LogP contribution is -2.46. The fourth-order valence-electron chi connectivity index (χ4n) is 5.31. The number of nitrogens with one attached hydrogen (secondary N) is 2. The van der Waals surface area contributed by atoms with Gasteiger partial charge in [-0.25, -0.2) is 0 Å². The van der Waals surface area contributed by atoms with Gasteiger partial charge in [-0.15, -0.1) is 5.10 Å². The second kappa shape index (κ2) is 9.55. The second-order valence-electron chi connectivity index (χ2n) is 9.53. The van der Waals surface area contributed by atoms with Gasteiger partial charge in [0.15, 0.2) is 5.82 Å². The SMILES string of the molecule is O=C(Nc1ccc(C(F)(F)F)cc1)[C@H]1CCc2c(N3CCNCC3)c(=O)n3nc(C4=CCOCC4)nc3n21. The van der Waals surface area contributed by atoms with E-state index < -0.39 is 23.7 Å². The zero-order valence-corrected chi connectivity index (χ0v) is 20.4. The molecule has 0 aliphatic carbocycles. The summed E-state index contributed by atoms with van der Waals surface area (Å²) in [5.41, 5.74) is 1.30. The Morgan fingerprint density at radius 3 is 2.58 bits per heavy atom. The number of benzene rings is 1. The number of amides is 1. The average molecular weight is 530 g/mol. The minimum absolute atomic E-state index is 0.255. The highest BCUT2D eigenvalue weighted by Gasteiger charge is 2.36. The Morgan fingerprint density at radius 2 is 1.89 bits per heavy atom. The number of aromatic nitrogens is 4. The van der Waals surface area contributed by atoms with Crippen molar-refractivity contribution in [1.29, 1.82) is 0 Å². The molecule has 5 heterocycles. The van der Waals surface area contributed by atoms with Gasteiger partial charge >= 0.3 is 6.18 Å². The summed E-state index contributed by atoms with van der Waals surface area (Å²) < 4.78 is 47.3. The van der Waals surface area contributed by atoms with E-state index in [-0.39, 0.29) is 17.0 Å². The molecule has 1 amide bonds. The molecular weight excluding hydrogens is 503 g/mol. The Morgan fingerprint density at radius 1 is 1.13 bits per heavy atom. The normalized spacial score (nSPS) is 19.9. The van der Waals surface area contributed by atoms with E-state index in [2.05, 4.69) is 20.7 Å². The third-order valence-electron chi connectivity index (χ3n) is 7.20. The van der Waals surface area contributed by atoms with E-state index in [4.69, 9.17) is 4.74 Å². The highest BCUT2D eigenvalue weighted by atomic mass is 19.4. The third kappa shape index (κ3) is 4.35. The van der Waals surface area contributed by atoms with Gasteiger partial charge in [0.25, 0.3) is 5.56 Å². The fraction of sp³-hybridized carbons (Fsp3) is 0.440. The van der Waals surface area contributed by atoms with Crippen LogP contribution in [0.3, 0.4) is 0 Å². The summed E-state index contributed by atoms with van der Waals surface area (Å²) in [5.74, 6) is 0.304. The maximum atomic E-state index is 13.7. The standard InChI is InChI=1S/C25H26F3N7O3/c26-25(27,28)16-1-3-17(4-2-16)30-22(36)19-6-5-18-20(33-11-9-29-10-12-33)23(37)35-24(34(18)19)31-21(32-35)15-7-13-38-14-8-15/h1-4,7,19,29H,5-6,8-14H2,(H,30,36)/t19-/m1/s1. The van der Waals surface area contributed by atoms with Gasteiger partial charge in [-0.2, -0.15) is 22.7 Å². The predicted molar refractivity (Wildman–Crippen MR) is 133 cm³/mol. The first kappa shape index (κ1) is 24.6. The van der Waals surface area contributed by atoms with Crippen LogP contribution in [0.25, 0.3) is 11.4 Å². The monoisotopic (exact) mass is 529 g/mol. The number of anilines is 2. The molecule has 2 N–H and O–H groups in total. The van der Waals surface area contributed by atoms with E-state index in [1.165, 1.54) is 16.6 Å². The number of rotatable bonds is 4. The number of hydrogen-bond acceptors (Lipinski definition) is 7. The van der Waals surface area contributed by atoms with Gasteiger partial charge in [0.1, 0.15) is 11.7 Å². The van der Waals surface area contributed by atoms with Crippen molar-refractivity contribution in [2.75, 3.05) is 49.6 Å². The molecule has 3 aromatic rings. The number of carbonyl (C=O) groups excluding carboxylic acids is 1. The topological polar surface area (TPSA) is 106 Å². The van der Waals surface area contributed by atoms with Crippen LogP contribution in [0.1, 0.15) is 36.0 Å². The van der Waals surface area contributed by atoms with Crippen molar-refractivity contribution in [3.8, 4) is 0 Å². The van der Waals surface area contributed by atoms with Gasteiger partial charge in [0.2, 0.25) is 11.7 Å². The van der Waals surface area contributed by atoms with Crippen LogP contribution in [-0.4, -0.2) is 64.5 Å². The van der Waals surface area contributed by atoms with Crippen LogP contribution in [0.15, 0.2) is 35.1 Å². The quantitative estimate of drug-likeness (QED) is 0.534. The highest BCUT2D eigenvalue weighted by Crippen LogP contribution is 2.35. The van der Waals surface area contributed by atoms with Crippen LogP contribution in [-0.2, 0) is 22.1 Å². The summed E-state index contributed by atoms with van der Waals surface area (Å²) in [4.78, 5) is 33.9. The van der Waals surface area contributed by atoms with E-state index in [0.29, 0.717) is 57.1 Å². The molecule has 6 rings (SSSR count). The van der Waals surface area contributed by atoms with Crippen LogP contribution >= 0.6 is 0 Å². The third-order valence-corrected chi connectivity index (χ3v) is 7.20. The Kier molecular flexibility index (Phi) is 6.19. The molecule has 13 heteroatoms. The van der Waals surface area contributed by atoms with Crippen molar-refractivity contribution < 1.29 is 22.7 Å². The van der Waals surface area contributed by atoms with E-state index >= 15 is 0 Å². The molecular formula is C25H26F3N7O3. The lowest BCUT2D eigenvalue weighted by molar-refractivity contribution is -0.137. The molecule has 3 aliphatic heterocycles. The van der Waals surface area contributed by atoms with Crippen LogP contribution in [0.5, 0.6) is 0 Å². The van der Waals surface area contributed by atoms with Crippen molar-refractivity contribution in [1.82, 2.24) is 24.5 Å². The number of ether oxygens (including phenoxy) is 1. The summed E-state index contributed by atoms with van der Waals surface area (Å²) in [6.07, 6.45) is -1.06. The number of alkyl halides is 3. The van der Waals surface area contributed by atoms with Crippen LogP contribution in [0, 0.1) is 0 Å². The molecule has 3 aliphatic rings. The molecule has 1 fully saturated rings. The summed E-state index contributed by atoms with van der Waals surface area (Å²) in [6, 6.07) is 3.62. The number of carbonyl (C=O) groups is 1. The summed E-state index contributed by atoms with van der Waals surface area (Å²) in [5, 5.41) is 10.6. The minimum Gasteiger partial charge on any atom is -0.377 e. The molecule has 10 nitrogen and oxygen atoms in total. The Labute approximate surface area is 215 Å². The lowest BCUT2D eigenvalue weighted by Gasteiger charge is -2.30. The first-order valence-corrected chi connectivity index (χ1v) is 12.6. The van der Waals surface area contributed by atoms with Gasteiger partial charge in [-0.3, -0.25) is 14.2 Å². The van der Waals surface area contributed by atoms with Crippen LogP contribution in [0.4, 0.5) is 24.5 Å². The summed E-state index contributed by atoms with van der Waals surface area (Å²) in [6.45, 7) is 3.69. The predicted octanol–water partition coefficient (Wildman–Crippen LogP) is 2.25. The van der Waals surface area contributed by atoms with Gasteiger partial charge in [0, 0.05) is 31.9 Å². The van der Waals surface area contributed by atoms with Gasteiger partial charge in [0.05, 0.1) is 24.5 Å². The van der Waals surface area contributed by atoms with Crippen molar-refractivity contribution in [3.05, 3.63) is 57.8 Å². The Hall–Kier alpha value is -3.71. The molecule has 38 heavy (non-hydrogen) atoms. The zero-order chi connectivity index (χ0) is 26.4. The molecule has 0 unspecified atom stereocenters. The van der Waals surface area contributed by atoms with Gasteiger partial charge in [-0.1, -0.05) is 6.08 Å². The van der Waals surface area contributed by atoms with Crippen LogP contribution in [0.2, 0.25) is 0 Å². The number of fused-ring (bicyclic) bond motifs is 3. The minimum atomic E-state index is -4.46. The number of piperazine rings is 1. The molecule has 1 saturated heterocycles. The van der Waals surface area contributed by atoms with Crippen molar-refractivity contribution >= 4 is 28.6 Å². The Balaban J connectivity index is 1.41. The molecule has 200 valence electrons. The van der Waals surface area contributed by atoms with Crippen LogP contribution < -0.4 is 21.1 Å². The smallest absolute Gasteiger partial charge is 0.377 e. The second-order valence-corrected chi connectivity index (χ2v) is 9.53. The molecule has 0 saturated carbocycles. The highest BCUT2D eigenvalue weighted by molar-refractivity contribution is 5.94. The first-order valence-electron chi connectivity index (χ1n) is 12.6. The molecule has 2 aromatic heterocycles. The van der Waals surface area contributed by atoms with E-state index in [1.807, 2.05) is 11.0 Å². The zero-order valence-electron chi connectivity index (χ0n) is 20.4. The van der Waals surface area contributed by atoms with E-state index in [0.717, 1.165) is 36.5 Å². The molecule has 0 radical (unpaired) electrons. The Bertz CT molecular complexity index is 1470. The summed E-state index contributed by atoms with van der Waals surface area (Å²) >= 11 is 0.